The van der Waals surface area contributed by atoms with Gasteiger partial charge in [0.05, 0.1) is 45.1 Å². The molecule has 626 valence electrons. The van der Waals surface area contributed by atoms with E-state index in [4.69, 9.17) is 32.9 Å². The van der Waals surface area contributed by atoms with Crippen LogP contribution in [0.4, 0.5) is 0 Å². The summed E-state index contributed by atoms with van der Waals surface area (Å²) >= 11 is 0. The standard InChI is InChI=1S/C78H147N2O18P.C6H15N/c1-7-13-19-25-31-34-37-40-46-52-65(93-71(85)55-49-43-28-22-16-10-4)58-69(83)79-64(61-81)63-92-78-75(80-70(84)59-66(53-47-41-38-35-32-26-20-14-8-2)94-72(86)56-50-44-29-23-17-11-5)77(76(68(62-82)96-78)98-99(89,90)91)97-74(88)60-67(54-48-42-39-36-33-27-21-15-9-3)95-73(87)57-51-45-30-24-18-12-6;1-4-7(5-2)6-3/h64-68,75-78,81-82H,7-63H2,1-6H3,(H,79,83)(H,80,84)(H2,89,90,91);4-6H2,1-3H3/t64-,65-,66-,67-,68-,75+,76-,77-,78+;/m1./s1. The zero-order chi connectivity index (χ0) is 78.5. The number of ether oxygens (including phenoxy) is 6. The Morgan fingerprint density at radius 3 is 1.02 bits per heavy atom. The normalized spacial score (nSPS) is 17.1. The van der Waals surface area contributed by atoms with Crippen molar-refractivity contribution < 1.29 is 86.3 Å². The number of phosphoric acid groups is 1. The molecule has 0 aromatic heterocycles. The van der Waals surface area contributed by atoms with Crippen molar-refractivity contribution in [3.63, 3.8) is 0 Å². The highest BCUT2D eigenvalue weighted by Gasteiger charge is 2.52. The Kier molecular flexibility index (Phi) is 69.8. The van der Waals surface area contributed by atoms with Gasteiger partial charge in [-0.2, -0.15) is 0 Å². The van der Waals surface area contributed by atoms with Crippen molar-refractivity contribution in [2.75, 3.05) is 39.5 Å². The predicted octanol–water partition coefficient (Wildman–Crippen LogP) is 19.3. The molecule has 1 fully saturated rings. The van der Waals surface area contributed by atoms with Crippen molar-refractivity contribution in [1.82, 2.24) is 15.5 Å². The fourth-order valence-electron chi connectivity index (χ4n) is 13.7. The maximum absolute atomic E-state index is 14.8. The largest absolute Gasteiger partial charge is 0.470 e. The molecule has 1 aliphatic rings. The van der Waals surface area contributed by atoms with Crippen molar-refractivity contribution in [3.8, 4) is 0 Å². The number of nitrogens with zero attached hydrogens (tertiary/aromatic N) is 1. The second-order valence-corrected chi connectivity index (χ2v) is 31.3. The molecule has 22 heteroatoms. The van der Waals surface area contributed by atoms with Crippen LogP contribution in [0.15, 0.2) is 0 Å². The average Bonchev–Trinajstić information content (AvgIpc) is 0.780. The van der Waals surface area contributed by atoms with E-state index in [0.717, 1.165) is 205 Å². The van der Waals surface area contributed by atoms with Gasteiger partial charge in [0.15, 0.2) is 12.4 Å². The quantitative estimate of drug-likeness (QED) is 0.0143. The lowest BCUT2D eigenvalue weighted by Crippen LogP contribution is -2.66. The second kappa shape index (κ2) is 72.0. The number of rotatable bonds is 73. The minimum atomic E-state index is -5.51. The lowest BCUT2D eigenvalue weighted by atomic mass is 9.95. The minimum absolute atomic E-state index is 0.148. The van der Waals surface area contributed by atoms with Gasteiger partial charge in [-0.25, -0.2) is 4.57 Å². The topological polar surface area (TPSA) is 292 Å². The molecule has 21 nitrogen and oxygen atoms in total. The third-order valence-corrected chi connectivity index (χ3v) is 20.8. The third kappa shape index (κ3) is 59.5. The molecule has 0 aromatic rings. The molecule has 0 bridgehead atoms. The Morgan fingerprint density at radius 1 is 0.406 bits per heavy atom. The van der Waals surface area contributed by atoms with Crippen molar-refractivity contribution in [1.29, 1.82) is 0 Å². The zero-order valence-corrected chi connectivity index (χ0v) is 69.9. The second-order valence-electron chi connectivity index (χ2n) is 30.1. The lowest BCUT2D eigenvalue weighted by molar-refractivity contribution is -0.272. The van der Waals surface area contributed by atoms with Crippen molar-refractivity contribution in [2.45, 2.75) is 464 Å². The average molecular weight is 1530 g/mol. The highest BCUT2D eigenvalue weighted by Crippen LogP contribution is 2.42. The van der Waals surface area contributed by atoms with Gasteiger partial charge in [0, 0.05) is 19.3 Å². The van der Waals surface area contributed by atoms with E-state index >= 15 is 0 Å². The molecular formula is C84H162N3O18P. The maximum atomic E-state index is 14.8. The van der Waals surface area contributed by atoms with Gasteiger partial charge in [0.25, 0.3) is 0 Å². The Morgan fingerprint density at radius 2 is 0.717 bits per heavy atom. The smallest absolute Gasteiger partial charge is 0.462 e. The number of hydrogen-bond donors (Lipinski definition) is 6. The molecule has 1 heterocycles. The molecule has 0 aromatic carbocycles. The minimum Gasteiger partial charge on any atom is -0.462 e. The predicted molar refractivity (Wildman–Crippen MR) is 426 cm³/mol. The van der Waals surface area contributed by atoms with Gasteiger partial charge < -0.3 is 64.0 Å². The van der Waals surface area contributed by atoms with Gasteiger partial charge in [-0.15, -0.1) is 0 Å². The van der Waals surface area contributed by atoms with E-state index in [-0.39, 0.29) is 38.1 Å². The summed E-state index contributed by atoms with van der Waals surface area (Å²) in [5.41, 5.74) is 0. The van der Waals surface area contributed by atoms with E-state index in [1.165, 1.54) is 71.0 Å². The first-order valence-electron chi connectivity index (χ1n) is 43.6. The van der Waals surface area contributed by atoms with E-state index in [1.54, 1.807) is 0 Å². The molecule has 1 rings (SSSR count). The van der Waals surface area contributed by atoms with Gasteiger partial charge in [-0.3, -0.25) is 33.3 Å². The number of amides is 2. The molecule has 6 N–H and O–H groups in total. The molecule has 0 radical (unpaired) electrons. The van der Waals surface area contributed by atoms with Crippen LogP contribution in [0, 0.1) is 0 Å². The van der Waals surface area contributed by atoms with E-state index in [9.17, 15) is 53.3 Å². The van der Waals surface area contributed by atoms with Crippen molar-refractivity contribution in [2.24, 2.45) is 0 Å². The number of nitrogens with one attached hydrogen (secondary N) is 2. The van der Waals surface area contributed by atoms with Crippen LogP contribution in [-0.4, -0.2) is 155 Å². The number of carbonyl (C=O) groups is 6. The molecule has 1 saturated heterocycles. The molecule has 0 spiro atoms. The number of esters is 4. The van der Waals surface area contributed by atoms with E-state index < -0.39 is 119 Å². The van der Waals surface area contributed by atoms with Gasteiger partial charge in [-0.1, -0.05) is 313 Å². The van der Waals surface area contributed by atoms with E-state index in [1.807, 2.05) is 0 Å². The molecule has 106 heavy (non-hydrogen) atoms. The van der Waals surface area contributed by atoms with Gasteiger partial charge in [0.1, 0.15) is 36.6 Å². The number of phosphoric ester groups is 1. The summed E-state index contributed by atoms with van der Waals surface area (Å²) in [5, 5.41) is 27.4. The zero-order valence-electron chi connectivity index (χ0n) is 69.0. The summed E-state index contributed by atoms with van der Waals surface area (Å²) in [6.45, 7) is 21.0. The van der Waals surface area contributed by atoms with Crippen LogP contribution in [0.2, 0.25) is 0 Å². The molecule has 0 aliphatic carbocycles. The SMILES string of the molecule is CCCCCCCCCCC[C@H](CC(=O)N[C@H](CO)CO[C@H]1O[C@H](CO)[C@@H](OP(=O)(O)O)[C@H](OC(=O)C[C@@H](CCCCCCCCCCC)OC(=O)CCCCCCCC)[C@@H]1NC(=O)C[C@@H](CCCCCCCCCCC)OC(=O)CCCCCCCC)OC(=O)CCCCCCCC.CCN(CC)CC. The Labute approximate surface area is 645 Å². The summed E-state index contributed by atoms with van der Waals surface area (Å²) in [5.74, 6) is -3.53. The van der Waals surface area contributed by atoms with Crippen molar-refractivity contribution >= 4 is 43.5 Å². The fraction of sp³-hybridized carbons (Fsp3) is 0.929. The summed E-state index contributed by atoms with van der Waals surface area (Å²) in [7, 11) is -5.51. The number of carbonyl (C=O) groups excluding carboxylic acids is 6. The lowest BCUT2D eigenvalue weighted by Gasteiger charge is -2.45. The summed E-state index contributed by atoms with van der Waals surface area (Å²) in [4.78, 5) is 107. The van der Waals surface area contributed by atoms with E-state index in [0.29, 0.717) is 51.4 Å². The van der Waals surface area contributed by atoms with Gasteiger partial charge in [-0.05, 0) is 77.4 Å². The molecule has 0 saturated carbocycles. The van der Waals surface area contributed by atoms with E-state index in [2.05, 4.69) is 77.8 Å². The molecule has 0 unspecified atom stereocenters. The fourth-order valence-corrected chi connectivity index (χ4v) is 14.2. The number of unbranched alkanes of at least 4 members (excludes halogenated alkanes) is 39. The van der Waals surface area contributed by atoms with Crippen LogP contribution in [0.25, 0.3) is 0 Å². The van der Waals surface area contributed by atoms with Crippen LogP contribution in [0.1, 0.15) is 409 Å². The number of hydrogen-bond acceptors (Lipinski definition) is 17. The van der Waals surface area contributed by atoms with Gasteiger partial charge in [0.2, 0.25) is 11.8 Å². The Hall–Kier alpha value is -3.27. The number of aliphatic hydroxyl groups excluding tert-OH is 2. The molecule has 1 aliphatic heterocycles. The highest BCUT2D eigenvalue weighted by molar-refractivity contribution is 7.46. The van der Waals surface area contributed by atoms with Crippen LogP contribution < -0.4 is 10.6 Å². The summed E-state index contributed by atoms with van der Waals surface area (Å²) in [6.07, 6.45) is 36.7. The number of aliphatic hydroxyl groups is 2. The maximum Gasteiger partial charge on any atom is 0.470 e. The van der Waals surface area contributed by atoms with Crippen LogP contribution in [-0.2, 0) is 66.3 Å². The summed E-state index contributed by atoms with van der Waals surface area (Å²) in [6, 6.07) is -2.80. The summed E-state index contributed by atoms with van der Waals surface area (Å²) < 4.78 is 55.1. The van der Waals surface area contributed by atoms with Crippen LogP contribution >= 0.6 is 7.82 Å². The van der Waals surface area contributed by atoms with Crippen LogP contribution in [0.5, 0.6) is 0 Å². The first-order chi connectivity index (χ1) is 51.3. The third-order valence-electron chi connectivity index (χ3n) is 20.3. The monoisotopic (exact) mass is 1530 g/mol. The molecular weight excluding hydrogens is 1370 g/mol. The highest BCUT2D eigenvalue weighted by atomic mass is 31.2. The first-order valence-corrected chi connectivity index (χ1v) is 45.2. The molecule has 9 atom stereocenters. The molecule has 2 amide bonds. The Balaban J connectivity index is 0.0000149. The van der Waals surface area contributed by atoms with Crippen LogP contribution in [0.3, 0.4) is 0 Å². The van der Waals surface area contributed by atoms with Gasteiger partial charge >= 0.3 is 31.7 Å². The first kappa shape index (κ1) is 103. The Bertz CT molecular complexity index is 2130. The van der Waals surface area contributed by atoms with Crippen molar-refractivity contribution in [3.05, 3.63) is 0 Å².